The Morgan fingerprint density at radius 1 is 1.50 bits per heavy atom. The Hall–Kier alpha value is -1.89. The van der Waals surface area contributed by atoms with Crippen LogP contribution in [0.1, 0.15) is 22.5 Å². The number of amides is 1. The number of sulfonamides is 1. The Balaban J connectivity index is 1.72. The van der Waals surface area contributed by atoms with Crippen molar-refractivity contribution in [3.05, 3.63) is 23.5 Å². The Kier molecular flexibility index (Phi) is 3.68. The molecule has 22 heavy (non-hydrogen) atoms. The summed E-state index contributed by atoms with van der Waals surface area (Å²) in [6.07, 6.45) is 3.12. The van der Waals surface area contributed by atoms with Gasteiger partial charge in [0, 0.05) is 18.7 Å². The third-order valence-corrected chi connectivity index (χ3v) is 4.79. The predicted molar refractivity (Wildman–Crippen MR) is 76.4 cm³/mol. The van der Waals surface area contributed by atoms with Crippen molar-refractivity contribution in [2.24, 2.45) is 5.92 Å². The van der Waals surface area contributed by atoms with Crippen molar-refractivity contribution in [1.29, 1.82) is 5.26 Å². The highest BCUT2D eigenvalue weighted by Crippen LogP contribution is 2.39. The molecule has 1 aliphatic heterocycles. The van der Waals surface area contributed by atoms with Crippen molar-refractivity contribution in [2.75, 3.05) is 12.9 Å². The van der Waals surface area contributed by atoms with Crippen LogP contribution in [0, 0.1) is 17.2 Å². The van der Waals surface area contributed by atoms with Gasteiger partial charge in [-0.25, -0.2) is 13.1 Å². The molecule has 3 rings (SSSR count). The molecule has 1 amide bonds. The van der Waals surface area contributed by atoms with Crippen LogP contribution in [0.25, 0.3) is 0 Å². The van der Waals surface area contributed by atoms with Crippen LogP contribution in [-0.2, 0) is 14.8 Å². The number of carbonyl (C=O) groups excluding carboxylic acids is 1. The molecule has 1 aromatic rings. The molecule has 2 fully saturated rings. The topological polar surface area (TPSA) is 124 Å². The van der Waals surface area contributed by atoms with Gasteiger partial charge in [-0.05, 0) is 12.5 Å². The molecular formula is C13H16N4O4S. The number of hydrogen-bond donors (Lipinski definition) is 3. The van der Waals surface area contributed by atoms with Crippen LogP contribution in [0.3, 0.4) is 0 Å². The molecule has 3 N–H and O–H groups in total. The Morgan fingerprint density at radius 3 is 2.91 bits per heavy atom. The minimum atomic E-state index is -3.39. The van der Waals surface area contributed by atoms with Gasteiger partial charge in [0.05, 0.1) is 30.0 Å². The number of rotatable bonds is 4. The second-order valence-corrected chi connectivity index (χ2v) is 7.40. The van der Waals surface area contributed by atoms with Crippen molar-refractivity contribution in [3.8, 4) is 6.07 Å². The third-order valence-electron chi connectivity index (χ3n) is 4.09. The predicted octanol–water partition coefficient (Wildman–Crippen LogP) is -0.679. The number of H-pyrrole nitrogens is 1. The molecule has 1 saturated carbocycles. The number of aromatic amines is 1. The van der Waals surface area contributed by atoms with Crippen molar-refractivity contribution in [3.63, 3.8) is 0 Å². The zero-order valence-corrected chi connectivity index (χ0v) is 12.7. The van der Waals surface area contributed by atoms with E-state index in [0.29, 0.717) is 12.2 Å². The second kappa shape index (κ2) is 5.39. The molecule has 0 bridgehead atoms. The van der Waals surface area contributed by atoms with Gasteiger partial charge in [0.25, 0.3) is 5.91 Å². The molecule has 9 heteroatoms. The number of nitrogens with one attached hydrogen (secondary N) is 3. The van der Waals surface area contributed by atoms with Crippen molar-refractivity contribution >= 4 is 15.9 Å². The maximum Gasteiger partial charge on any atom is 0.268 e. The number of ether oxygens (including phenoxy) is 1. The number of nitrogens with zero attached hydrogens (tertiary/aromatic N) is 1. The molecule has 2 heterocycles. The molecule has 4 atom stereocenters. The summed E-state index contributed by atoms with van der Waals surface area (Å²) >= 11 is 0. The van der Waals surface area contributed by atoms with Crippen molar-refractivity contribution in [1.82, 2.24) is 15.0 Å². The number of aromatic nitrogens is 1. The highest BCUT2D eigenvalue weighted by atomic mass is 32.2. The van der Waals surface area contributed by atoms with Crippen LogP contribution >= 0.6 is 0 Å². The molecule has 1 aromatic heterocycles. The summed E-state index contributed by atoms with van der Waals surface area (Å²) in [7, 11) is -3.39. The number of fused-ring (bicyclic) bond motifs is 1. The molecular weight excluding hydrogens is 308 g/mol. The first-order valence-corrected chi connectivity index (χ1v) is 8.76. The monoisotopic (exact) mass is 324 g/mol. The minimum absolute atomic E-state index is 0.105. The zero-order chi connectivity index (χ0) is 15.9. The first kappa shape index (κ1) is 15.0. The first-order chi connectivity index (χ1) is 10.4. The summed E-state index contributed by atoms with van der Waals surface area (Å²) < 4.78 is 30.9. The molecule has 1 aliphatic carbocycles. The fourth-order valence-corrected chi connectivity index (χ4v) is 3.89. The van der Waals surface area contributed by atoms with Crippen molar-refractivity contribution in [2.45, 2.75) is 24.6 Å². The van der Waals surface area contributed by atoms with E-state index in [1.165, 1.54) is 12.3 Å². The van der Waals surface area contributed by atoms with Gasteiger partial charge >= 0.3 is 0 Å². The van der Waals surface area contributed by atoms with Crippen LogP contribution in [-0.4, -0.2) is 50.4 Å². The van der Waals surface area contributed by atoms with Gasteiger partial charge in [0.2, 0.25) is 10.0 Å². The quantitative estimate of drug-likeness (QED) is 0.677. The molecule has 0 aromatic carbocycles. The summed E-state index contributed by atoms with van der Waals surface area (Å²) in [5, 5.41) is 11.6. The van der Waals surface area contributed by atoms with Crippen LogP contribution in [0.4, 0.5) is 0 Å². The largest absolute Gasteiger partial charge is 0.376 e. The summed E-state index contributed by atoms with van der Waals surface area (Å²) in [4.78, 5) is 14.9. The summed E-state index contributed by atoms with van der Waals surface area (Å²) in [5.41, 5.74) is 0.642. The molecule has 1 saturated heterocycles. The molecule has 0 unspecified atom stereocenters. The molecule has 118 valence electrons. The third kappa shape index (κ3) is 2.72. The smallest absolute Gasteiger partial charge is 0.268 e. The average Bonchev–Trinajstić information content (AvgIpc) is 3.08. The molecule has 2 aliphatic rings. The van der Waals surface area contributed by atoms with E-state index in [1.54, 1.807) is 0 Å². The SMILES string of the molecule is CS(=O)(=O)N[C@@H]1[C@@H](NC(=O)c2cc(C#N)c[nH]2)[C@H]2CCO[C@H]21. The van der Waals surface area contributed by atoms with Crippen LogP contribution < -0.4 is 10.0 Å². The maximum atomic E-state index is 12.2. The lowest BCUT2D eigenvalue weighted by Gasteiger charge is -2.47. The number of nitriles is 1. The lowest BCUT2D eigenvalue weighted by atomic mass is 9.72. The minimum Gasteiger partial charge on any atom is -0.376 e. The van der Waals surface area contributed by atoms with Gasteiger partial charge in [0.15, 0.2) is 0 Å². The standard InChI is InChI=1S/C13H16N4O4S/c1-22(19,20)17-11-10(8-2-3-21-12(8)11)16-13(18)9-4-7(5-14)6-15-9/h4,6,8,10-12,15,17H,2-3H2,1H3,(H,16,18)/t8-,10+,11-,12-/m1/s1. The highest BCUT2D eigenvalue weighted by Gasteiger charge is 2.55. The number of carbonyl (C=O) groups is 1. The van der Waals surface area contributed by atoms with Gasteiger partial charge in [-0.1, -0.05) is 0 Å². The first-order valence-electron chi connectivity index (χ1n) is 6.87. The normalized spacial score (nSPS) is 30.2. The average molecular weight is 324 g/mol. The Morgan fingerprint density at radius 2 is 2.27 bits per heavy atom. The Bertz CT molecular complexity index is 735. The molecule has 0 spiro atoms. The zero-order valence-electron chi connectivity index (χ0n) is 11.9. The van der Waals surface area contributed by atoms with E-state index in [4.69, 9.17) is 10.00 Å². The molecule has 8 nitrogen and oxygen atoms in total. The molecule has 0 radical (unpaired) electrons. The summed E-state index contributed by atoms with van der Waals surface area (Å²) in [6.45, 7) is 0.560. The van der Waals surface area contributed by atoms with Gasteiger partial charge < -0.3 is 15.0 Å². The van der Waals surface area contributed by atoms with E-state index in [2.05, 4.69) is 15.0 Å². The van der Waals surface area contributed by atoms with E-state index >= 15 is 0 Å². The van der Waals surface area contributed by atoms with E-state index in [1.807, 2.05) is 6.07 Å². The van der Waals surface area contributed by atoms with E-state index in [0.717, 1.165) is 12.7 Å². The lowest BCUT2D eigenvalue weighted by Crippen LogP contribution is -2.70. The van der Waals surface area contributed by atoms with E-state index < -0.39 is 16.1 Å². The van der Waals surface area contributed by atoms with Crippen LogP contribution in [0.2, 0.25) is 0 Å². The van der Waals surface area contributed by atoms with Crippen molar-refractivity contribution < 1.29 is 17.9 Å². The fourth-order valence-electron chi connectivity index (χ4n) is 3.11. The number of hydrogen-bond acceptors (Lipinski definition) is 5. The fraction of sp³-hybridized carbons (Fsp3) is 0.538. The summed E-state index contributed by atoms with van der Waals surface area (Å²) in [6, 6.07) is 2.61. The van der Waals surface area contributed by atoms with E-state index in [-0.39, 0.29) is 29.7 Å². The maximum absolute atomic E-state index is 12.2. The lowest BCUT2D eigenvalue weighted by molar-refractivity contribution is -0.0194. The summed E-state index contributed by atoms with van der Waals surface area (Å²) in [5.74, 6) is -0.259. The Labute approximate surface area is 127 Å². The van der Waals surface area contributed by atoms with Gasteiger partial charge in [-0.3, -0.25) is 4.79 Å². The van der Waals surface area contributed by atoms with Gasteiger partial charge in [0.1, 0.15) is 11.8 Å². The van der Waals surface area contributed by atoms with Gasteiger partial charge in [-0.15, -0.1) is 0 Å². The van der Waals surface area contributed by atoms with Crippen LogP contribution in [0.15, 0.2) is 12.3 Å². The van der Waals surface area contributed by atoms with Gasteiger partial charge in [-0.2, -0.15) is 5.26 Å². The van der Waals surface area contributed by atoms with Crippen LogP contribution in [0.5, 0.6) is 0 Å². The second-order valence-electron chi connectivity index (χ2n) is 5.62. The van der Waals surface area contributed by atoms with E-state index in [9.17, 15) is 13.2 Å². The highest BCUT2D eigenvalue weighted by molar-refractivity contribution is 7.88.